The van der Waals surface area contributed by atoms with Gasteiger partial charge in [0.15, 0.2) is 0 Å². The van der Waals surface area contributed by atoms with Crippen molar-refractivity contribution in [3.63, 3.8) is 0 Å². The Morgan fingerprint density at radius 2 is 1.73 bits per heavy atom. The Kier molecular flexibility index (Phi) is 8.22. The summed E-state index contributed by atoms with van der Waals surface area (Å²) < 4.78 is 10.2. The lowest BCUT2D eigenvalue weighted by Gasteiger charge is -2.10. The van der Waals surface area contributed by atoms with Gasteiger partial charge in [0.1, 0.15) is 11.3 Å². The summed E-state index contributed by atoms with van der Waals surface area (Å²) in [6.45, 7) is 2.76. The van der Waals surface area contributed by atoms with Gasteiger partial charge in [-0.25, -0.2) is 4.79 Å². The second kappa shape index (κ2) is 9.95. The third-order valence-electron chi connectivity index (χ3n) is 3.09. The van der Waals surface area contributed by atoms with Gasteiger partial charge in [-0.05, 0) is 45.6 Å². The number of esters is 2. The zero-order valence-corrected chi connectivity index (χ0v) is 13.6. The Bertz CT molecular complexity index is 485. The number of ether oxygens (including phenoxy) is 2. The topological polar surface area (TPSA) is 55.8 Å². The van der Waals surface area contributed by atoms with E-state index in [1.54, 1.807) is 24.3 Å². The predicted molar refractivity (Wildman–Crippen MR) is 85.1 cm³/mol. The van der Waals surface area contributed by atoms with Gasteiger partial charge in [0, 0.05) is 6.92 Å². The van der Waals surface area contributed by atoms with E-state index in [1.165, 1.54) is 6.92 Å². The van der Waals surface area contributed by atoms with E-state index in [9.17, 15) is 9.59 Å². The first-order chi connectivity index (χ1) is 10.5. The summed E-state index contributed by atoms with van der Waals surface area (Å²) in [7, 11) is 4.12. The van der Waals surface area contributed by atoms with Crippen molar-refractivity contribution in [2.24, 2.45) is 0 Å². The van der Waals surface area contributed by atoms with Gasteiger partial charge in [0.2, 0.25) is 0 Å². The van der Waals surface area contributed by atoms with Gasteiger partial charge in [-0.2, -0.15) is 0 Å². The monoisotopic (exact) mass is 307 g/mol. The maximum absolute atomic E-state index is 12.0. The van der Waals surface area contributed by atoms with Crippen LogP contribution in [0.3, 0.4) is 0 Å². The average molecular weight is 307 g/mol. The highest BCUT2D eigenvalue weighted by Gasteiger charge is 2.14. The first kappa shape index (κ1) is 18.2. The highest BCUT2D eigenvalue weighted by atomic mass is 16.5. The Balaban J connectivity index is 2.32. The Morgan fingerprint density at radius 3 is 2.41 bits per heavy atom. The lowest BCUT2D eigenvalue weighted by atomic mass is 10.2. The number of nitrogens with zero attached hydrogens (tertiary/aromatic N) is 1. The predicted octanol–water partition coefficient (Wildman–Crippen LogP) is 2.89. The SMILES string of the molecule is CC(=O)Oc1ccccc1C(=O)OCCCCCCN(C)C. The number of rotatable bonds is 9. The van der Waals surface area contributed by atoms with E-state index in [1.807, 2.05) is 0 Å². The molecule has 0 aliphatic heterocycles. The van der Waals surface area contributed by atoms with E-state index in [2.05, 4.69) is 19.0 Å². The van der Waals surface area contributed by atoms with E-state index in [0.717, 1.165) is 32.2 Å². The number of carbonyl (C=O) groups excluding carboxylic acids is 2. The smallest absolute Gasteiger partial charge is 0.341 e. The molecule has 0 bridgehead atoms. The first-order valence-electron chi connectivity index (χ1n) is 7.60. The third kappa shape index (κ3) is 7.22. The molecule has 0 fully saturated rings. The molecule has 5 heteroatoms. The molecule has 122 valence electrons. The summed E-state index contributed by atoms with van der Waals surface area (Å²) in [6, 6.07) is 6.60. The van der Waals surface area contributed by atoms with Gasteiger partial charge in [0.25, 0.3) is 0 Å². The number of para-hydroxylation sites is 1. The molecule has 0 atom stereocenters. The highest BCUT2D eigenvalue weighted by Crippen LogP contribution is 2.19. The van der Waals surface area contributed by atoms with Crippen LogP contribution >= 0.6 is 0 Å². The zero-order chi connectivity index (χ0) is 16.4. The minimum absolute atomic E-state index is 0.242. The van der Waals surface area contributed by atoms with Crippen molar-refractivity contribution in [1.29, 1.82) is 0 Å². The molecule has 0 N–H and O–H groups in total. The van der Waals surface area contributed by atoms with Crippen molar-refractivity contribution in [1.82, 2.24) is 4.90 Å². The molecule has 0 unspecified atom stereocenters. The van der Waals surface area contributed by atoms with Crippen LogP contribution in [0.1, 0.15) is 43.0 Å². The second-order valence-corrected chi connectivity index (χ2v) is 5.44. The molecule has 0 aliphatic rings. The van der Waals surface area contributed by atoms with Crippen LogP contribution in [0.5, 0.6) is 5.75 Å². The summed E-state index contributed by atoms with van der Waals surface area (Å²) >= 11 is 0. The van der Waals surface area contributed by atoms with Crippen LogP contribution in [0.15, 0.2) is 24.3 Å². The van der Waals surface area contributed by atoms with E-state index in [0.29, 0.717) is 6.61 Å². The lowest BCUT2D eigenvalue weighted by Crippen LogP contribution is -2.13. The molecular weight excluding hydrogens is 282 g/mol. The fourth-order valence-corrected chi connectivity index (χ4v) is 2.01. The van der Waals surface area contributed by atoms with Crippen molar-refractivity contribution < 1.29 is 19.1 Å². The third-order valence-corrected chi connectivity index (χ3v) is 3.09. The van der Waals surface area contributed by atoms with Crippen LogP contribution in [0.4, 0.5) is 0 Å². The van der Waals surface area contributed by atoms with Gasteiger partial charge >= 0.3 is 11.9 Å². The van der Waals surface area contributed by atoms with Crippen molar-refractivity contribution >= 4 is 11.9 Å². The maximum atomic E-state index is 12.0. The van der Waals surface area contributed by atoms with E-state index in [-0.39, 0.29) is 11.3 Å². The van der Waals surface area contributed by atoms with Crippen molar-refractivity contribution in [2.75, 3.05) is 27.2 Å². The normalized spacial score (nSPS) is 10.5. The van der Waals surface area contributed by atoms with Crippen molar-refractivity contribution in [2.45, 2.75) is 32.6 Å². The molecule has 1 aromatic carbocycles. The number of benzene rings is 1. The van der Waals surface area contributed by atoms with Gasteiger partial charge < -0.3 is 14.4 Å². The quantitative estimate of drug-likeness (QED) is 0.399. The molecule has 0 saturated heterocycles. The maximum Gasteiger partial charge on any atom is 0.341 e. The summed E-state index contributed by atoms with van der Waals surface area (Å²) in [5.74, 6) is -0.669. The highest BCUT2D eigenvalue weighted by molar-refractivity contribution is 5.93. The zero-order valence-electron chi connectivity index (χ0n) is 13.6. The fraction of sp³-hybridized carbons (Fsp3) is 0.529. The minimum atomic E-state index is -0.457. The van der Waals surface area contributed by atoms with Crippen molar-refractivity contribution in [3.8, 4) is 5.75 Å². The molecule has 0 heterocycles. The molecule has 0 radical (unpaired) electrons. The first-order valence-corrected chi connectivity index (χ1v) is 7.60. The second-order valence-electron chi connectivity index (χ2n) is 5.44. The Labute approximate surface area is 132 Å². The largest absolute Gasteiger partial charge is 0.462 e. The number of hydrogen-bond donors (Lipinski definition) is 0. The molecule has 5 nitrogen and oxygen atoms in total. The van der Waals surface area contributed by atoms with Gasteiger partial charge in [-0.1, -0.05) is 25.0 Å². The van der Waals surface area contributed by atoms with Crippen LogP contribution in [0.25, 0.3) is 0 Å². The molecule has 0 saturated carbocycles. The molecule has 22 heavy (non-hydrogen) atoms. The van der Waals surface area contributed by atoms with E-state index < -0.39 is 11.9 Å². The van der Waals surface area contributed by atoms with Crippen LogP contribution in [0, 0.1) is 0 Å². The van der Waals surface area contributed by atoms with Crippen LogP contribution in [0.2, 0.25) is 0 Å². The molecule has 1 rings (SSSR count). The van der Waals surface area contributed by atoms with Crippen LogP contribution in [-0.2, 0) is 9.53 Å². The number of unbranched alkanes of at least 4 members (excludes halogenated alkanes) is 3. The minimum Gasteiger partial charge on any atom is -0.462 e. The Morgan fingerprint density at radius 1 is 1.05 bits per heavy atom. The van der Waals surface area contributed by atoms with Gasteiger partial charge in [-0.3, -0.25) is 4.79 Å². The fourth-order valence-electron chi connectivity index (χ4n) is 2.01. The van der Waals surface area contributed by atoms with Gasteiger partial charge in [0.05, 0.1) is 6.61 Å². The standard InChI is InChI=1S/C17H25NO4/c1-14(19)22-16-11-7-6-10-15(16)17(20)21-13-9-5-4-8-12-18(2)3/h6-7,10-11H,4-5,8-9,12-13H2,1-3H3. The molecule has 0 aliphatic carbocycles. The molecule has 0 aromatic heterocycles. The van der Waals surface area contributed by atoms with Crippen LogP contribution in [-0.4, -0.2) is 44.1 Å². The summed E-state index contributed by atoms with van der Waals surface area (Å²) in [4.78, 5) is 25.2. The molecular formula is C17H25NO4. The molecule has 0 amide bonds. The molecule has 0 spiro atoms. The number of hydrogen-bond acceptors (Lipinski definition) is 5. The summed E-state index contributed by atoms with van der Waals surface area (Å²) in [5.41, 5.74) is 0.283. The van der Waals surface area contributed by atoms with Crippen molar-refractivity contribution in [3.05, 3.63) is 29.8 Å². The van der Waals surface area contributed by atoms with E-state index in [4.69, 9.17) is 9.47 Å². The lowest BCUT2D eigenvalue weighted by molar-refractivity contribution is -0.131. The molecule has 1 aromatic rings. The average Bonchev–Trinajstić information content (AvgIpc) is 2.45. The number of carbonyl (C=O) groups is 2. The Hall–Kier alpha value is -1.88. The summed E-state index contributed by atoms with van der Waals surface area (Å²) in [6.07, 6.45) is 4.15. The summed E-state index contributed by atoms with van der Waals surface area (Å²) in [5, 5.41) is 0. The van der Waals surface area contributed by atoms with E-state index >= 15 is 0 Å². The van der Waals surface area contributed by atoms with Gasteiger partial charge in [-0.15, -0.1) is 0 Å². The van der Waals surface area contributed by atoms with Crippen LogP contribution < -0.4 is 4.74 Å².